The van der Waals surface area contributed by atoms with E-state index in [2.05, 4.69) is 0 Å². The van der Waals surface area contributed by atoms with E-state index < -0.39 is 5.97 Å². The molecule has 0 unspecified atom stereocenters. The van der Waals surface area contributed by atoms with E-state index in [1.807, 2.05) is 0 Å². The van der Waals surface area contributed by atoms with Gasteiger partial charge in [-0.25, -0.2) is 4.79 Å². The first-order valence-electron chi connectivity index (χ1n) is 3.46. The molecule has 4 heteroatoms. The summed E-state index contributed by atoms with van der Waals surface area (Å²) in [5.74, 6) is -1.03. The fourth-order valence-corrected chi connectivity index (χ4v) is 1.35. The molecule has 0 atom stereocenters. The monoisotopic (exact) mass is 216 g/mol. The highest BCUT2D eigenvalue weighted by atomic mass is 35.5. The average Bonchev–Trinajstić information content (AvgIpc) is 2.03. The van der Waals surface area contributed by atoms with Crippen LogP contribution in [0, 0.1) is 0 Å². The lowest BCUT2D eigenvalue weighted by Gasteiger charge is -1.99. The predicted octanol–water partition coefficient (Wildman–Crippen LogP) is 3.09. The van der Waals surface area contributed by atoms with Crippen molar-refractivity contribution in [2.45, 2.75) is 0 Å². The summed E-state index contributed by atoms with van der Waals surface area (Å²) < 4.78 is 0. The van der Waals surface area contributed by atoms with Gasteiger partial charge < -0.3 is 5.11 Å². The van der Waals surface area contributed by atoms with Crippen LogP contribution < -0.4 is 0 Å². The maximum atomic E-state index is 10.2. The fourth-order valence-electron chi connectivity index (χ4n) is 0.825. The molecule has 1 aromatic rings. The van der Waals surface area contributed by atoms with Gasteiger partial charge in [0, 0.05) is 21.7 Å². The number of carboxylic acid groups (broad SMARTS) is 1. The molecule has 1 aromatic carbocycles. The molecule has 1 N–H and O–H groups in total. The van der Waals surface area contributed by atoms with E-state index in [9.17, 15) is 4.79 Å². The van der Waals surface area contributed by atoms with Crippen LogP contribution in [-0.4, -0.2) is 11.1 Å². The molecule has 0 saturated heterocycles. The van der Waals surface area contributed by atoms with Gasteiger partial charge in [-0.05, 0) is 18.2 Å². The Kier molecular flexibility index (Phi) is 3.34. The number of rotatable bonds is 2. The first-order chi connectivity index (χ1) is 6.11. The van der Waals surface area contributed by atoms with Crippen LogP contribution in [0.1, 0.15) is 5.56 Å². The van der Waals surface area contributed by atoms with Crippen molar-refractivity contribution in [2.24, 2.45) is 0 Å². The molecule has 0 aromatic heterocycles. The van der Waals surface area contributed by atoms with E-state index in [-0.39, 0.29) is 0 Å². The van der Waals surface area contributed by atoms with Gasteiger partial charge in [-0.15, -0.1) is 0 Å². The second-order valence-corrected chi connectivity index (χ2v) is 3.12. The Morgan fingerprint density at radius 1 is 1.31 bits per heavy atom. The lowest BCUT2D eigenvalue weighted by Crippen LogP contribution is -1.86. The standard InChI is InChI=1S/C9H6Cl2O2/c10-7-2-1-3-8(11)6(7)4-5-9(12)13/h1-5H,(H,12,13)/b5-4+. The second-order valence-electron chi connectivity index (χ2n) is 2.31. The molecule has 0 amide bonds. The lowest BCUT2D eigenvalue weighted by molar-refractivity contribution is -0.131. The highest BCUT2D eigenvalue weighted by Gasteiger charge is 2.01. The Morgan fingerprint density at radius 2 is 1.85 bits per heavy atom. The van der Waals surface area contributed by atoms with Gasteiger partial charge in [0.1, 0.15) is 0 Å². The van der Waals surface area contributed by atoms with Crippen molar-refractivity contribution in [3.05, 3.63) is 39.9 Å². The summed E-state index contributed by atoms with van der Waals surface area (Å²) in [6, 6.07) is 4.99. The summed E-state index contributed by atoms with van der Waals surface area (Å²) in [4.78, 5) is 10.2. The molecule has 1 rings (SSSR count). The van der Waals surface area contributed by atoms with Crippen molar-refractivity contribution >= 4 is 35.2 Å². The van der Waals surface area contributed by atoms with Crippen LogP contribution in [0.3, 0.4) is 0 Å². The molecule has 0 spiro atoms. The Balaban J connectivity index is 3.06. The maximum absolute atomic E-state index is 10.2. The first-order valence-corrected chi connectivity index (χ1v) is 4.22. The van der Waals surface area contributed by atoms with E-state index in [0.717, 1.165) is 6.08 Å². The summed E-state index contributed by atoms with van der Waals surface area (Å²) in [6.07, 6.45) is 2.36. The fraction of sp³-hybridized carbons (Fsp3) is 0. The zero-order valence-electron chi connectivity index (χ0n) is 6.50. The first kappa shape index (κ1) is 10.1. The maximum Gasteiger partial charge on any atom is 0.328 e. The number of hydrogen-bond acceptors (Lipinski definition) is 1. The number of hydrogen-bond donors (Lipinski definition) is 1. The number of aliphatic carboxylic acids is 1. The van der Waals surface area contributed by atoms with E-state index in [1.165, 1.54) is 6.08 Å². The summed E-state index contributed by atoms with van der Waals surface area (Å²) in [5, 5.41) is 9.25. The Labute approximate surface area is 85.4 Å². The quantitative estimate of drug-likeness (QED) is 0.772. The van der Waals surface area contributed by atoms with Crippen molar-refractivity contribution in [1.82, 2.24) is 0 Å². The summed E-state index contributed by atoms with van der Waals surface area (Å²) >= 11 is 11.6. The molecule has 68 valence electrons. The van der Waals surface area contributed by atoms with Crippen molar-refractivity contribution in [3.63, 3.8) is 0 Å². The highest BCUT2D eigenvalue weighted by molar-refractivity contribution is 6.37. The minimum atomic E-state index is -1.03. The van der Waals surface area contributed by atoms with Gasteiger partial charge in [0.15, 0.2) is 0 Å². The highest BCUT2D eigenvalue weighted by Crippen LogP contribution is 2.25. The van der Waals surface area contributed by atoms with Gasteiger partial charge >= 0.3 is 5.97 Å². The summed E-state index contributed by atoms with van der Waals surface area (Å²) in [7, 11) is 0. The van der Waals surface area contributed by atoms with Crippen LogP contribution in [0.2, 0.25) is 10.0 Å². The van der Waals surface area contributed by atoms with Crippen molar-refractivity contribution in [1.29, 1.82) is 0 Å². The van der Waals surface area contributed by atoms with Gasteiger partial charge in [0.2, 0.25) is 0 Å². The zero-order chi connectivity index (χ0) is 9.84. The molecule has 0 fully saturated rings. The lowest BCUT2D eigenvalue weighted by atomic mass is 10.2. The molecular weight excluding hydrogens is 211 g/mol. The minimum absolute atomic E-state index is 0.435. The van der Waals surface area contributed by atoms with Crippen LogP contribution in [0.15, 0.2) is 24.3 Å². The zero-order valence-corrected chi connectivity index (χ0v) is 8.01. The Hall–Kier alpha value is -0.990. The van der Waals surface area contributed by atoms with Crippen LogP contribution >= 0.6 is 23.2 Å². The minimum Gasteiger partial charge on any atom is -0.478 e. The summed E-state index contributed by atoms with van der Waals surface area (Å²) in [6.45, 7) is 0. The topological polar surface area (TPSA) is 37.3 Å². The SMILES string of the molecule is O=C(O)/C=C/c1c(Cl)cccc1Cl. The van der Waals surface area contributed by atoms with Gasteiger partial charge in [0.25, 0.3) is 0 Å². The van der Waals surface area contributed by atoms with E-state index >= 15 is 0 Å². The van der Waals surface area contributed by atoms with Crippen molar-refractivity contribution in [3.8, 4) is 0 Å². The molecule has 2 nitrogen and oxygen atoms in total. The summed E-state index contributed by atoms with van der Waals surface area (Å²) in [5.41, 5.74) is 0.522. The molecule has 0 bridgehead atoms. The van der Waals surface area contributed by atoms with E-state index in [0.29, 0.717) is 15.6 Å². The van der Waals surface area contributed by atoms with Crippen LogP contribution in [0.25, 0.3) is 6.08 Å². The third-order valence-corrected chi connectivity index (χ3v) is 2.05. The number of benzene rings is 1. The molecule has 0 aliphatic rings. The van der Waals surface area contributed by atoms with Gasteiger partial charge in [0.05, 0.1) is 0 Å². The smallest absolute Gasteiger partial charge is 0.328 e. The van der Waals surface area contributed by atoms with Crippen LogP contribution in [0.5, 0.6) is 0 Å². The Bertz CT molecular complexity index is 338. The molecule has 0 aliphatic carbocycles. The molecular formula is C9H6Cl2O2. The Morgan fingerprint density at radius 3 is 2.31 bits per heavy atom. The number of carboxylic acids is 1. The second kappa shape index (κ2) is 4.30. The molecule has 13 heavy (non-hydrogen) atoms. The molecule has 0 saturated carbocycles. The molecule has 0 heterocycles. The predicted molar refractivity (Wildman–Crippen MR) is 53.1 cm³/mol. The third-order valence-electron chi connectivity index (χ3n) is 1.39. The molecule has 0 radical (unpaired) electrons. The van der Waals surface area contributed by atoms with E-state index in [4.69, 9.17) is 28.3 Å². The van der Waals surface area contributed by atoms with E-state index in [1.54, 1.807) is 18.2 Å². The number of carbonyl (C=O) groups is 1. The van der Waals surface area contributed by atoms with Crippen molar-refractivity contribution < 1.29 is 9.90 Å². The average molecular weight is 217 g/mol. The van der Waals surface area contributed by atoms with Crippen LogP contribution in [-0.2, 0) is 4.79 Å². The largest absolute Gasteiger partial charge is 0.478 e. The molecule has 0 aliphatic heterocycles. The third kappa shape index (κ3) is 2.76. The van der Waals surface area contributed by atoms with Gasteiger partial charge in [-0.2, -0.15) is 0 Å². The van der Waals surface area contributed by atoms with Crippen LogP contribution in [0.4, 0.5) is 0 Å². The van der Waals surface area contributed by atoms with Gasteiger partial charge in [-0.3, -0.25) is 0 Å². The van der Waals surface area contributed by atoms with Crippen molar-refractivity contribution in [2.75, 3.05) is 0 Å². The number of halogens is 2. The van der Waals surface area contributed by atoms with Gasteiger partial charge in [-0.1, -0.05) is 29.3 Å². The normalized spacial score (nSPS) is 10.6.